The standard InChI is InChI=1S/C18H26N6O2S.HI/c1-22(2)17(25)13-20-18(19-12-16-4-3-11-27-16)24-8-6-23(7-9-24)14-15-5-10-26-21-15;/h3-5,10-11H,6-9,12-14H2,1-2H3,(H,19,20);1H. The van der Waals surface area contributed by atoms with E-state index in [0.29, 0.717) is 6.54 Å². The Morgan fingerprint density at radius 2 is 2.11 bits per heavy atom. The van der Waals surface area contributed by atoms with Crippen LogP contribution in [0.1, 0.15) is 10.6 Å². The van der Waals surface area contributed by atoms with E-state index in [4.69, 9.17) is 4.52 Å². The molecule has 0 atom stereocenters. The van der Waals surface area contributed by atoms with Crippen LogP contribution in [0.5, 0.6) is 0 Å². The summed E-state index contributed by atoms with van der Waals surface area (Å²) in [5.74, 6) is 0.787. The fraction of sp³-hybridized carbons (Fsp3) is 0.500. The molecule has 10 heteroatoms. The van der Waals surface area contributed by atoms with Crippen molar-refractivity contribution in [2.45, 2.75) is 13.1 Å². The number of halogens is 1. The van der Waals surface area contributed by atoms with Crippen molar-refractivity contribution >= 4 is 47.2 Å². The zero-order valence-electron chi connectivity index (χ0n) is 16.2. The number of likely N-dealkylation sites (N-methyl/N-ethyl adjacent to an activating group) is 1. The second-order valence-electron chi connectivity index (χ2n) is 6.61. The maximum absolute atomic E-state index is 11.9. The lowest BCUT2D eigenvalue weighted by Crippen LogP contribution is -2.52. The van der Waals surface area contributed by atoms with Gasteiger partial charge in [-0.1, -0.05) is 11.2 Å². The first-order valence-corrected chi connectivity index (χ1v) is 9.87. The number of rotatable bonds is 6. The summed E-state index contributed by atoms with van der Waals surface area (Å²) in [4.78, 5) is 23.9. The number of hydrogen-bond acceptors (Lipinski definition) is 6. The van der Waals surface area contributed by atoms with Gasteiger partial charge in [0.2, 0.25) is 5.91 Å². The summed E-state index contributed by atoms with van der Waals surface area (Å²) < 4.78 is 4.91. The molecule has 0 bridgehead atoms. The largest absolute Gasteiger partial charge is 0.364 e. The first-order chi connectivity index (χ1) is 13.1. The Kier molecular flexibility index (Phi) is 9.19. The molecule has 0 spiro atoms. The van der Waals surface area contributed by atoms with Crippen LogP contribution in [0.3, 0.4) is 0 Å². The number of aliphatic imine (C=N–C) groups is 1. The van der Waals surface area contributed by atoms with Crippen molar-refractivity contribution < 1.29 is 9.32 Å². The molecule has 28 heavy (non-hydrogen) atoms. The van der Waals surface area contributed by atoms with Gasteiger partial charge in [-0.15, -0.1) is 35.3 Å². The third-order valence-electron chi connectivity index (χ3n) is 4.41. The first kappa shape index (κ1) is 22.6. The van der Waals surface area contributed by atoms with Gasteiger partial charge >= 0.3 is 0 Å². The van der Waals surface area contributed by atoms with Gasteiger partial charge in [0.05, 0.1) is 12.2 Å². The summed E-state index contributed by atoms with van der Waals surface area (Å²) in [6.45, 7) is 5.18. The summed E-state index contributed by atoms with van der Waals surface area (Å²) in [5, 5.41) is 9.46. The summed E-state index contributed by atoms with van der Waals surface area (Å²) >= 11 is 1.71. The predicted molar refractivity (Wildman–Crippen MR) is 121 cm³/mol. The van der Waals surface area contributed by atoms with Crippen LogP contribution in [-0.4, -0.2) is 78.5 Å². The molecule has 0 aliphatic carbocycles. The molecule has 1 saturated heterocycles. The van der Waals surface area contributed by atoms with Gasteiger partial charge in [-0.2, -0.15) is 0 Å². The molecule has 3 heterocycles. The zero-order chi connectivity index (χ0) is 19.1. The molecule has 2 aromatic heterocycles. The minimum atomic E-state index is -0.00454. The number of aromatic nitrogens is 1. The summed E-state index contributed by atoms with van der Waals surface area (Å²) in [6.07, 6.45) is 1.60. The van der Waals surface area contributed by atoms with E-state index in [-0.39, 0.29) is 36.4 Å². The lowest BCUT2D eigenvalue weighted by atomic mass is 10.3. The van der Waals surface area contributed by atoms with Gasteiger partial charge in [0.1, 0.15) is 12.8 Å². The number of amides is 1. The van der Waals surface area contributed by atoms with Crippen molar-refractivity contribution in [3.05, 3.63) is 40.4 Å². The molecule has 0 aromatic carbocycles. The number of nitrogens with zero attached hydrogens (tertiary/aromatic N) is 5. The Hall–Kier alpha value is -1.66. The number of thiophene rings is 1. The Morgan fingerprint density at radius 3 is 2.71 bits per heavy atom. The number of piperazine rings is 1. The Morgan fingerprint density at radius 1 is 1.32 bits per heavy atom. The minimum absolute atomic E-state index is 0. The summed E-state index contributed by atoms with van der Waals surface area (Å²) in [7, 11) is 3.50. The van der Waals surface area contributed by atoms with Gasteiger partial charge < -0.3 is 19.6 Å². The Balaban J connectivity index is 0.00000280. The monoisotopic (exact) mass is 518 g/mol. The summed E-state index contributed by atoms with van der Waals surface area (Å²) in [6, 6.07) is 6.03. The summed E-state index contributed by atoms with van der Waals surface area (Å²) in [5.41, 5.74) is 0.949. The third-order valence-corrected chi connectivity index (χ3v) is 5.29. The second-order valence-corrected chi connectivity index (χ2v) is 7.65. The van der Waals surface area contributed by atoms with Crippen molar-refractivity contribution in [3.8, 4) is 0 Å². The Labute approximate surface area is 186 Å². The van der Waals surface area contributed by atoms with E-state index in [9.17, 15) is 4.79 Å². The number of nitrogens with one attached hydrogen (secondary N) is 1. The van der Waals surface area contributed by atoms with E-state index in [1.165, 1.54) is 4.88 Å². The zero-order valence-corrected chi connectivity index (χ0v) is 19.4. The fourth-order valence-electron chi connectivity index (χ4n) is 2.80. The van der Waals surface area contributed by atoms with E-state index in [0.717, 1.165) is 44.4 Å². The van der Waals surface area contributed by atoms with Crippen LogP contribution in [-0.2, 0) is 17.9 Å². The van der Waals surface area contributed by atoms with Crippen LogP contribution in [0.2, 0.25) is 0 Å². The van der Waals surface area contributed by atoms with Gasteiger partial charge in [-0.05, 0) is 11.4 Å². The molecule has 2 aromatic rings. The number of carbonyl (C=O) groups is 1. The number of guanidine groups is 1. The van der Waals surface area contributed by atoms with Gasteiger partial charge in [0.25, 0.3) is 0 Å². The van der Waals surface area contributed by atoms with Crippen molar-refractivity contribution in [1.29, 1.82) is 0 Å². The van der Waals surface area contributed by atoms with Crippen molar-refractivity contribution in [2.24, 2.45) is 4.99 Å². The SMILES string of the molecule is CN(C)C(=O)CN=C(NCc1cccs1)N1CCN(Cc2ccon2)CC1.I. The molecule has 0 radical (unpaired) electrons. The minimum Gasteiger partial charge on any atom is -0.364 e. The van der Waals surface area contributed by atoms with E-state index >= 15 is 0 Å². The van der Waals surface area contributed by atoms with Crippen molar-refractivity contribution in [2.75, 3.05) is 46.8 Å². The van der Waals surface area contributed by atoms with E-state index in [2.05, 4.69) is 36.7 Å². The van der Waals surface area contributed by atoms with Crippen LogP contribution in [0.25, 0.3) is 0 Å². The maximum atomic E-state index is 11.9. The van der Waals surface area contributed by atoms with E-state index in [1.54, 1.807) is 36.6 Å². The lowest BCUT2D eigenvalue weighted by molar-refractivity contribution is -0.127. The maximum Gasteiger partial charge on any atom is 0.243 e. The van der Waals surface area contributed by atoms with E-state index in [1.807, 2.05) is 12.1 Å². The van der Waals surface area contributed by atoms with Crippen LogP contribution in [0.15, 0.2) is 39.4 Å². The molecule has 1 aliphatic heterocycles. The molecular weight excluding hydrogens is 491 g/mol. The molecule has 1 amide bonds. The van der Waals surface area contributed by atoms with Crippen LogP contribution < -0.4 is 5.32 Å². The van der Waals surface area contributed by atoms with Crippen molar-refractivity contribution in [1.82, 2.24) is 25.2 Å². The topological polar surface area (TPSA) is 77.2 Å². The van der Waals surface area contributed by atoms with Gasteiger partial charge in [0.15, 0.2) is 5.96 Å². The second kappa shape index (κ2) is 11.4. The highest BCUT2D eigenvalue weighted by Gasteiger charge is 2.21. The quantitative estimate of drug-likeness (QED) is 0.357. The number of hydrogen-bond donors (Lipinski definition) is 1. The highest BCUT2D eigenvalue weighted by Crippen LogP contribution is 2.10. The highest BCUT2D eigenvalue weighted by molar-refractivity contribution is 14.0. The molecule has 1 fully saturated rings. The lowest BCUT2D eigenvalue weighted by Gasteiger charge is -2.36. The van der Waals surface area contributed by atoms with Crippen LogP contribution in [0.4, 0.5) is 0 Å². The number of carbonyl (C=O) groups excluding carboxylic acids is 1. The molecule has 8 nitrogen and oxygen atoms in total. The average Bonchev–Trinajstić information content (AvgIpc) is 3.36. The normalized spacial score (nSPS) is 15.2. The van der Waals surface area contributed by atoms with Crippen LogP contribution in [0, 0.1) is 0 Å². The molecule has 1 aliphatic rings. The molecule has 1 N–H and O–H groups in total. The smallest absolute Gasteiger partial charge is 0.243 e. The van der Waals surface area contributed by atoms with Gasteiger partial charge in [-0.25, -0.2) is 4.99 Å². The molecular formula is C18H27IN6O2S. The highest BCUT2D eigenvalue weighted by atomic mass is 127. The van der Waals surface area contributed by atoms with Crippen molar-refractivity contribution in [3.63, 3.8) is 0 Å². The van der Waals surface area contributed by atoms with Crippen LogP contribution >= 0.6 is 35.3 Å². The van der Waals surface area contributed by atoms with Gasteiger partial charge in [0, 0.05) is 57.8 Å². The third kappa shape index (κ3) is 6.74. The first-order valence-electron chi connectivity index (χ1n) is 8.99. The fourth-order valence-corrected chi connectivity index (χ4v) is 3.44. The molecule has 154 valence electrons. The van der Waals surface area contributed by atoms with E-state index < -0.39 is 0 Å². The molecule has 0 unspecified atom stereocenters. The average molecular weight is 518 g/mol. The predicted octanol–water partition coefficient (Wildman–Crippen LogP) is 1.71. The van der Waals surface area contributed by atoms with Gasteiger partial charge in [-0.3, -0.25) is 9.69 Å². The molecule has 3 rings (SSSR count). The Bertz CT molecular complexity index is 727. The molecule has 0 saturated carbocycles.